The highest BCUT2D eigenvalue weighted by Gasteiger charge is 2.04. The molecule has 1 aromatic carbocycles. The van der Waals surface area contributed by atoms with Gasteiger partial charge in [-0.15, -0.1) is 0 Å². The van der Waals surface area contributed by atoms with Gasteiger partial charge in [-0.3, -0.25) is 4.79 Å². The topological polar surface area (TPSA) is 61.5 Å². The maximum absolute atomic E-state index is 11.2. The number of aromatic amines is 2. The number of para-hydroxylation sites is 2. The van der Waals surface area contributed by atoms with Crippen molar-refractivity contribution in [1.29, 1.82) is 0 Å². The average Bonchev–Trinajstić information content (AvgIpc) is 2.72. The van der Waals surface area contributed by atoms with Crippen LogP contribution in [0.1, 0.15) is 0 Å². The molecule has 2 heterocycles. The molecule has 0 radical (unpaired) electrons. The number of imidazole rings is 1. The maximum atomic E-state index is 11.2. The summed E-state index contributed by atoms with van der Waals surface area (Å²) in [7, 11) is 0. The SMILES string of the molecule is O=c1cc(-c2nc3ccccc3[nH]2)cc[nH]1. The molecular weight excluding hydrogens is 202 g/mol. The highest BCUT2D eigenvalue weighted by atomic mass is 16.1. The average molecular weight is 211 g/mol. The van der Waals surface area contributed by atoms with Crippen molar-refractivity contribution in [2.24, 2.45) is 0 Å². The van der Waals surface area contributed by atoms with Crippen molar-refractivity contribution in [3.8, 4) is 11.4 Å². The van der Waals surface area contributed by atoms with E-state index < -0.39 is 0 Å². The highest BCUT2D eigenvalue weighted by Crippen LogP contribution is 2.18. The number of rotatable bonds is 1. The lowest BCUT2D eigenvalue weighted by Crippen LogP contribution is -2.02. The molecule has 2 N–H and O–H groups in total. The van der Waals surface area contributed by atoms with Gasteiger partial charge in [-0.2, -0.15) is 0 Å². The second-order valence-electron chi connectivity index (χ2n) is 3.54. The van der Waals surface area contributed by atoms with Gasteiger partial charge in [-0.25, -0.2) is 4.98 Å². The number of pyridine rings is 1. The molecule has 0 saturated carbocycles. The van der Waals surface area contributed by atoms with Crippen molar-refractivity contribution in [3.63, 3.8) is 0 Å². The van der Waals surface area contributed by atoms with Gasteiger partial charge in [0.25, 0.3) is 0 Å². The van der Waals surface area contributed by atoms with E-state index in [0.717, 1.165) is 16.6 Å². The monoisotopic (exact) mass is 211 g/mol. The van der Waals surface area contributed by atoms with E-state index in [1.165, 1.54) is 6.07 Å². The molecule has 0 unspecified atom stereocenters. The number of nitrogens with one attached hydrogen (secondary N) is 2. The van der Waals surface area contributed by atoms with Gasteiger partial charge in [0.2, 0.25) is 5.56 Å². The van der Waals surface area contributed by atoms with E-state index in [0.29, 0.717) is 5.82 Å². The summed E-state index contributed by atoms with van der Waals surface area (Å²) < 4.78 is 0. The van der Waals surface area contributed by atoms with Crippen molar-refractivity contribution in [1.82, 2.24) is 15.0 Å². The van der Waals surface area contributed by atoms with Gasteiger partial charge in [0.1, 0.15) is 5.82 Å². The first-order valence-corrected chi connectivity index (χ1v) is 4.97. The third kappa shape index (κ3) is 1.40. The largest absolute Gasteiger partial charge is 0.338 e. The quantitative estimate of drug-likeness (QED) is 0.646. The highest BCUT2D eigenvalue weighted by molar-refractivity contribution is 5.79. The van der Waals surface area contributed by atoms with E-state index in [2.05, 4.69) is 15.0 Å². The van der Waals surface area contributed by atoms with Crippen molar-refractivity contribution in [3.05, 3.63) is 52.9 Å². The molecule has 0 aliphatic rings. The summed E-state index contributed by atoms with van der Waals surface area (Å²) >= 11 is 0. The van der Waals surface area contributed by atoms with Crippen LogP contribution in [0.2, 0.25) is 0 Å². The molecule has 4 heteroatoms. The van der Waals surface area contributed by atoms with Gasteiger partial charge in [0.15, 0.2) is 0 Å². The molecule has 0 spiro atoms. The smallest absolute Gasteiger partial charge is 0.248 e. The standard InChI is InChI=1S/C12H9N3O/c16-11-7-8(5-6-13-11)12-14-9-3-1-2-4-10(9)15-12/h1-7H,(H,13,16)(H,14,15). The van der Waals surface area contributed by atoms with Crippen molar-refractivity contribution in [2.75, 3.05) is 0 Å². The molecule has 0 aliphatic heterocycles. The number of hydrogen-bond acceptors (Lipinski definition) is 2. The summed E-state index contributed by atoms with van der Waals surface area (Å²) in [5.74, 6) is 0.715. The minimum Gasteiger partial charge on any atom is -0.338 e. The van der Waals surface area contributed by atoms with Crippen LogP contribution in [0.3, 0.4) is 0 Å². The van der Waals surface area contributed by atoms with E-state index in [-0.39, 0.29) is 5.56 Å². The Hall–Kier alpha value is -2.36. The lowest BCUT2D eigenvalue weighted by atomic mass is 10.2. The molecule has 0 bridgehead atoms. The first-order valence-electron chi connectivity index (χ1n) is 4.97. The maximum Gasteiger partial charge on any atom is 0.248 e. The Kier molecular flexibility index (Phi) is 1.86. The Morgan fingerprint density at radius 1 is 1.12 bits per heavy atom. The number of fused-ring (bicyclic) bond motifs is 1. The molecule has 2 aromatic heterocycles. The molecular formula is C12H9N3O. The second-order valence-corrected chi connectivity index (χ2v) is 3.54. The Bertz CT molecular complexity index is 663. The van der Waals surface area contributed by atoms with Crippen LogP contribution in [0.15, 0.2) is 47.4 Å². The molecule has 16 heavy (non-hydrogen) atoms. The molecule has 3 aromatic rings. The van der Waals surface area contributed by atoms with Crippen LogP contribution < -0.4 is 5.56 Å². The van der Waals surface area contributed by atoms with Gasteiger partial charge in [-0.1, -0.05) is 12.1 Å². The van der Waals surface area contributed by atoms with Crippen LogP contribution >= 0.6 is 0 Å². The molecule has 3 rings (SSSR count). The van der Waals surface area contributed by atoms with Gasteiger partial charge < -0.3 is 9.97 Å². The van der Waals surface area contributed by atoms with Gasteiger partial charge in [0.05, 0.1) is 11.0 Å². The minimum atomic E-state index is -0.127. The molecule has 0 atom stereocenters. The lowest BCUT2D eigenvalue weighted by molar-refractivity contribution is 1.22. The van der Waals surface area contributed by atoms with Crippen LogP contribution in [0.5, 0.6) is 0 Å². The van der Waals surface area contributed by atoms with Crippen molar-refractivity contribution < 1.29 is 0 Å². The molecule has 0 fully saturated rings. The van der Waals surface area contributed by atoms with E-state index in [9.17, 15) is 4.79 Å². The molecule has 78 valence electrons. The molecule has 4 nitrogen and oxygen atoms in total. The summed E-state index contributed by atoms with van der Waals surface area (Å²) in [5, 5.41) is 0. The van der Waals surface area contributed by atoms with Crippen LogP contribution in [0.25, 0.3) is 22.4 Å². The second kappa shape index (κ2) is 3.34. The Labute approximate surface area is 91.0 Å². The Morgan fingerprint density at radius 2 is 2.00 bits per heavy atom. The predicted octanol–water partition coefficient (Wildman–Crippen LogP) is 1.92. The van der Waals surface area contributed by atoms with E-state index in [4.69, 9.17) is 0 Å². The zero-order valence-corrected chi connectivity index (χ0v) is 8.40. The lowest BCUT2D eigenvalue weighted by Gasteiger charge is -1.93. The van der Waals surface area contributed by atoms with Crippen LogP contribution in [-0.2, 0) is 0 Å². The molecule has 0 saturated heterocycles. The minimum absolute atomic E-state index is 0.127. The summed E-state index contributed by atoms with van der Waals surface area (Å²) in [5.41, 5.74) is 2.54. The molecule has 0 amide bonds. The first-order chi connectivity index (χ1) is 7.83. The van der Waals surface area contributed by atoms with Crippen molar-refractivity contribution in [2.45, 2.75) is 0 Å². The molecule has 0 aliphatic carbocycles. The third-order valence-corrected chi connectivity index (χ3v) is 2.44. The van der Waals surface area contributed by atoms with Crippen LogP contribution in [-0.4, -0.2) is 15.0 Å². The normalized spacial score (nSPS) is 10.8. The number of hydrogen-bond donors (Lipinski definition) is 2. The van der Waals surface area contributed by atoms with E-state index in [1.807, 2.05) is 30.3 Å². The van der Waals surface area contributed by atoms with Crippen LogP contribution in [0.4, 0.5) is 0 Å². The first kappa shape index (κ1) is 8.91. The van der Waals surface area contributed by atoms with Crippen LogP contribution in [0, 0.1) is 0 Å². The number of aromatic nitrogens is 3. The Balaban J connectivity index is 2.23. The van der Waals surface area contributed by atoms with E-state index >= 15 is 0 Å². The zero-order chi connectivity index (χ0) is 11.0. The van der Waals surface area contributed by atoms with Gasteiger partial charge >= 0.3 is 0 Å². The Morgan fingerprint density at radius 3 is 2.81 bits per heavy atom. The van der Waals surface area contributed by atoms with E-state index in [1.54, 1.807) is 6.20 Å². The third-order valence-electron chi connectivity index (χ3n) is 2.44. The fourth-order valence-electron chi connectivity index (χ4n) is 1.68. The predicted molar refractivity (Wildman–Crippen MR) is 62.2 cm³/mol. The summed E-state index contributed by atoms with van der Waals surface area (Å²) in [6, 6.07) is 11.1. The number of benzene rings is 1. The van der Waals surface area contributed by atoms with Crippen molar-refractivity contribution >= 4 is 11.0 Å². The fourth-order valence-corrected chi connectivity index (χ4v) is 1.68. The fraction of sp³-hybridized carbons (Fsp3) is 0. The number of nitrogens with zero attached hydrogens (tertiary/aromatic N) is 1. The zero-order valence-electron chi connectivity index (χ0n) is 8.40. The summed E-state index contributed by atoms with van der Waals surface area (Å²) in [6.07, 6.45) is 1.62. The van der Waals surface area contributed by atoms with Gasteiger partial charge in [0, 0.05) is 17.8 Å². The number of H-pyrrole nitrogens is 2. The van der Waals surface area contributed by atoms with Gasteiger partial charge in [-0.05, 0) is 18.2 Å². The summed E-state index contributed by atoms with van der Waals surface area (Å²) in [4.78, 5) is 21.4. The summed E-state index contributed by atoms with van der Waals surface area (Å²) in [6.45, 7) is 0.